The van der Waals surface area contributed by atoms with Crippen LogP contribution in [-0.4, -0.2) is 55.6 Å². The first-order valence-electron chi connectivity index (χ1n) is 6.77. The van der Waals surface area contributed by atoms with Crippen molar-refractivity contribution in [2.75, 3.05) is 33.4 Å². The van der Waals surface area contributed by atoms with Crippen molar-refractivity contribution >= 4 is 0 Å². The lowest BCUT2D eigenvalue weighted by Gasteiger charge is -2.22. The summed E-state index contributed by atoms with van der Waals surface area (Å²) in [5.74, 6) is 0.701. The van der Waals surface area contributed by atoms with Gasteiger partial charge in [-0.25, -0.2) is 0 Å². The van der Waals surface area contributed by atoms with Crippen LogP contribution in [0.25, 0.3) is 0 Å². The summed E-state index contributed by atoms with van der Waals surface area (Å²) in [7, 11) is 1.70. The second kappa shape index (κ2) is 7.25. The largest absolute Gasteiger partial charge is 0.492 e. The smallest absolute Gasteiger partial charge is 0.120 e. The van der Waals surface area contributed by atoms with Crippen molar-refractivity contribution in [2.24, 2.45) is 0 Å². The zero-order valence-corrected chi connectivity index (χ0v) is 11.7. The van der Waals surface area contributed by atoms with Crippen LogP contribution in [0.5, 0.6) is 5.75 Å². The Morgan fingerprint density at radius 2 is 2.35 bits per heavy atom. The molecule has 0 radical (unpaired) electrons. The molecule has 0 aliphatic carbocycles. The van der Waals surface area contributed by atoms with Crippen LogP contribution in [0.1, 0.15) is 12.0 Å². The third-order valence-corrected chi connectivity index (χ3v) is 3.64. The maximum absolute atomic E-state index is 9.36. The Morgan fingerprint density at radius 1 is 1.50 bits per heavy atom. The van der Waals surface area contributed by atoms with Gasteiger partial charge in [0.05, 0.1) is 24.3 Å². The molecule has 20 heavy (non-hydrogen) atoms. The summed E-state index contributed by atoms with van der Waals surface area (Å²) < 4.78 is 11.0. The summed E-state index contributed by atoms with van der Waals surface area (Å²) >= 11 is 0. The number of benzene rings is 1. The number of likely N-dealkylation sites (tertiary alicyclic amines) is 1. The van der Waals surface area contributed by atoms with Crippen molar-refractivity contribution in [1.29, 1.82) is 5.26 Å². The second-order valence-corrected chi connectivity index (χ2v) is 4.91. The minimum absolute atomic E-state index is 0.143. The number of aliphatic hydroxyl groups excluding tert-OH is 1. The Labute approximate surface area is 119 Å². The molecule has 5 heteroatoms. The Bertz CT molecular complexity index is 472. The van der Waals surface area contributed by atoms with Gasteiger partial charge in [-0.2, -0.15) is 5.26 Å². The number of nitrogens with zero attached hydrogens (tertiary/aromatic N) is 2. The van der Waals surface area contributed by atoms with E-state index in [1.165, 1.54) is 0 Å². The van der Waals surface area contributed by atoms with Crippen LogP contribution in [0.4, 0.5) is 0 Å². The van der Waals surface area contributed by atoms with Gasteiger partial charge in [-0.3, -0.25) is 4.90 Å². The summed E-state index contributed by atoms with van der Waals surface area (Å²) in [6.45, 7) is 2.23. The normalized spacial score (nSPS) is 22.6. The molecule has 0 amide bonds. The van der Waals surface area contributed by atoms with E-state index in [2.05, 4.69) is 11.0 Å². The van der Waals surface area contributed by atoms with Crippen molar-refractivity contribution in [3.63, 3.8) is 0 Å². The molecule has 5 nitrogen and oxygen atoms in total. The second-order valence-electron chi connectivity index (χ2n) is 4.91. The van der Waals surface area contributed by atoms with E-state index in [9.17, 15) is 5.11 Å². The third kappa shape index (κ3) is 3.70. The van der Waals surface area contributed by atoms with Crippen LogP contribution in [0.15, 0.2) is 24.3 Å². The molecule has 1 aromatic rings. The van der Waals surface area contributed by atoms with E-state index in [0.29, 0.717) is 17.9 Å². The summed E-state index contributed by atoms with van der Waals surface area (Å²) in [6.07, 6.45) is 1.05. The van der Waals surface area contributed by atoms with Crippen LogP contribution in [0, 0.1) is 11.3 Å². The van der Waals surface area contributed by atoms with E-state index in [1.54, 1.807) is 25.3 Å². The lowest BCUT2D eigenvalue weighted by molar-refractivity contribution is 0.105. The molecule has 1 saturated heterocycles. The van der Waals surface area contributed by atoms with Gasteiger partial charge >= 0.3 is 0 Å². The van der Waals surface area contributed by atoms with E-state index in [-0.39, 0.29) is 18.8 Å². The standard InChI is InChI=1S/C15H20N2O3/c1-19-15-8-13(11-18)17(10-15)5-6-20-14-4-2-3-12(7-14)9-16/h2-4,7,13,15,18H,5-6,8,10-11H2,1H3/t13-,15+/m0/s1. The molecule has 0 saturated carbocycles. The molecule has 1 aliphatic rings. The molecule has 0 unspecified atom stereocenters. The molecule has 1 N–H and O–H groups in total. The first kappa shape index (κ1) is 14.8. The Kier molecular flexibility index (Phi) is 5.36. The number of rotatable bonds is 6. The number of methoxy groups -OCH3 is 1. The highest BCUT2D eigenvalue weighted by Gasteiger charge is 2.31. The van der Waals surface area contributed by atoms with Gasteiger partial charge in [0, 0.05) is 26.2 Å². The van der Waals surface area contributed by atoms with E-state index in [1.807, 2.05) is 6.07 Å². The van der Waals surface area contributed by atoms with Crippen LogP contribution in [0.2, 0.25) is 0 Å². The highest BCUT2D eigenvalue weighted by molar-refractivity contribution is 5.36. The number of ether oxygens (including phenoxy) is 2. The number of nitriles is 1. The van der Waals surface area contributed by atoms with E-state index in [4.69, 9.17) is 14.7 Å². The quantitative estimate of drug-likeness (QED) is 0.840. The third-order valence-electron chi connectivity index (χ3n) is 3.64. The summed E-state index contributed by atoms with van der Waals surface area (Å²) in [6, 6.07) is 9.36. The fourth-order valence-electron chi connectivity index (χ4n) is 2.51. The lowest BCUT2D eigenvalue weighted by atomic mass is 10.2. The average Bonchev–Trinajstić information content (AvgIpc) is 2.90. The zero-order chi connectivity index (χ0) is 14.4. The van der Waals surface area contributed by atoms with Gasteiger partial charge in [-0.1, -0.05) is 6.07 Å². The molecule has 0 spiro atoms. The summed E-state index contributed by atoms with van der Waals surface area (Å²) in [4.78, 5) is 2.18. The van der Waals surface area contributed by atoms with Gasteiger partial charge in [0.25, 0.3) is 0 Å². The zero-order valence-electron chi connectivity index (χ0n) is 11.7. The molecule has 108 valence electrons. The number of hydrogen-bond donors (Lipinski definition) is 1. The van der Waals surface area contributed by atoms with Gasteiger partial charge in [0.15, 0.2) is 0 Å². The van der Waals surface area contributed by atoms with Crippen LogP contribution >= 0.6 is 0 Å². The molecular weight excluding hydrogens is 256 g/mol. The Balaban J connectivity index is 1.82. The summed E-state index contributed by atoms with van der Waals surface area (Å²) in [5, 5.41) is 18.2. The molecule has 0 bridgehead atoms. The minimum Gasteiger partial charge on any atom is -0.492 e. The maximum atomic E-state index is 9.36. The van der Waals surface area contributed by atoms with Gasteiger partial charge in [-0.05, 0) is 24.6 Å². The SMILES string of the molecule is CO[C@@H]1C[C@@H](CO)N(CCOc2cccc(C#N)c2)C1. The van der Waals surface area contributed by atoms with Crippen molar-refractivity contribution in [2.45, 2.75) is 18.6 Å². The molecule has 1 heterocycles. The highest BCUT2D eigenvalue weighted by Crippen LogP contribution is 2.19. The van der Waals surface area contributed by atoms with Gasteiger partial charge in [0.1, 0.15) is 12.4 Å². The number of aliphatic hydroxyl groups is 1. The monoisotopic (exact) mass is 276 g/mol. The molecule has 2 atom stereocenters. The minimum atomic E-state index is 0.143. The summed E-state index contributed by atoms with van der Waals surface area (Å²) in [5.41, 5.74) is 0.594. The first-order chi connectivity index (χ1) is 9.76. The van der Waals surface area contributed by atoms with Crippen molar-refractivity contribution in [3.05, 3.63) is 29.8 Å². The van der Waals surface area contributed by atoms with Crippen LogP contribution < -0.4 is 4.74 Å². The fraction of sp³-hybridized carbons (Fsp3) is 0.533. The lowest BCUT2D eigenvalue weighted by Crippen LogP contribution is -2.35. The van der Waals surface area contributed by atoms with Crippen molar-refractivity contribution < 1.29 is 14.6 Å². The topological polar surface area (TPSA) is 65.7 Å². The Hall–Kier alpha value is -1.61. The highest BCUT2D eigenvalue weighted by atomic mass is 16.5. The Morgan fingerprint density at radius 3 is 3.05 bits per heavy atom. The molecule has 1 aliphatic heterocycles. The molecular formula is C15H20N2O3. The molecule has 1 fully saturated rings. The predicted molar refractivity (Wildman–Crippen MR) is 74.5 cm³/mol. The maximum Gasteiger partial charge on any atom is 0.120 e. The molecule has 2 rings (SSSR count). The first-order valence-corrected chi connectivity index (χ1v) is 6.77. The van der Waals surface area contributed by atoms with Crippen molar-refractivity contribution in [3.8, 4) is 11.8 Å². The van der Waals surface area contributed by atoms with Crippen LogP contribution in [0.3, 0.4) is 0 Å². The fourth-order valence-corrected chi connectivity index (χ4v) is 2.51. The van der Waals surface area contributed by atoms with Crippen LogP contribution in [-0.2, 0) is 4.74 Å². The molecule has 1 aromatic carbocycles. The van der Waals surface area contributed by atoms with Gasteiger partial charge < -0.3 is 14.6 Å². The van der Waals surface area contributed by atoms with Gasteiger partial charge in [-0.15, -0.1) is 0 Å². The molecule has 0 aromatic heterocycles. The van der Waals surface area contributed by atoms with E-state index >= 15 is 0 Å². The van der Waals surface area contributed by atoms with Crippen molar-refractivity contribution in [1.82, 2.24) is 4.90 Å². The number of hydrogen-bond acceptors (Lipinski definition) is 5. The van der Waals surface area contributed by atoms with Gasteiger partial charge in [0.2, 0.25) is 0 Å². The predicted octanol–water partition coefficient (Wildman–Crippen LogP) is 1.02. The van der Waals surface area contributed by atoms with E-state index < -0.39 is 0 Å². The average molecular weight is 276 g/mol. The van der Waals surface area contributed by atoms with E-state index in [0.717, 1.165) is 19.5 Å².